The van der Waals surface area contributed by atoms with Gasteiger partial charge in [-0.25, -0.2) is 0 Å². The summed E-state index contributed by atoms with van der Waals surface area (Å²) >= 11 is 0. The molecule has 0 radical (unpaired) electrons. The van der Waals surface area contributed by atoms with Crippen LogP contribution in [0.2, 0.25) is 0 Å². The van der Waals surface area contributed by atoms with E-state index in [4.69, 9.17) is 14.2 Å². The SMILES string of the molecule is CC12CC3(C)OC(CC(C)(O1)C3(CP)c1ccc(-c3ccccc3)cc1CP(C13CC4CC(CC(C4)C1)C3)C13CC4CC(CC(C4)C1)C3)O2. The Morgan fingerprint density at radius 1 is 0.653 bits per heavy atom. The molecule has 8 aliphatic carbocycles. The Kier molecular flexibility index (Phi) is 6.75. The fraction of sp³-hybridized carbons (Fsp3) is 0.727. The van der Waals surface area contributed by atoms with Crippen molar-refractivity contribution in [2.45, 2.75) is 156 Å². The summed E-state index contributed by atoms with van der Waals surface area (Å²) < 4.78 is 20.7. The van der Waals surface area contributed by atoms with E-state index in [0.29, 0.717) is 10.3 Å². The Labute approximate surface area is 298 Å². The van der Waals surface area contributed by atoms with Gasteiger partial charge in [0.15, 0.2) is 12.1 Å². The average molecular weight is 697 g/mol. The van der Waals surface area contributed by atoms with Gasteiger partial charge in [0, 0.05) is 12.8 Å². The lowest BCUT2D eigenvalue weighted by molar-refractivity contribution is -0.498. The zero-order valence-electron chi connectivity index (χ0n) is 30.2. The van der Waals surface area contributed by atoms with Crippen LogP contribution in [-0.2, 0) is 25.8 Å². The average Bonchev–Trinajstić information content (AvgIpc) is 3.02. The second kappa shape index (κ2) is 10.4. The molecule has 3 nitrogen and oxygen atoms in total. The maximum atomic E-state index is 7.19. The molecule has 12 bridgehead atoms. The first kappa shape index (κ1) is 31.7. The number of hydrogen-bond acceptors (Lipinski definition) is 3. The van der Waals surface area contributed by atoms with E-state index in [0.717, 1.165) is 54.5 Å². The Hall–Kier alpha value is -0.820. The van der Waals surface area contributed by atoms with E-state index in [1.54, 1.807) is 82.6 Å². The van der Waals surface area contributed by atoms with E-state index in [1.807, 2.05) is 0 Å². The van der Waals surface area contributed by atoms with Gasteiger partial charge in [-0.05, 0) is 178 Å². The minimum absolute atomic E-state index is 0.185. The summed E-state index contributed by atoms with van der Waals surface area (Å²) in [7, 11) is 3.02. The molecule has 6 unspecified atom stereocenters. The summed E-state index contributed by atoms with van der Waals surface area (Å²) in [5.41, 5.74) is 4.95. The molecule has 12 fully saturated rings. The van der Waals surface area contributed by atoms with E-state index in [9.17, 15) is 0 Å². The number of benzene rings is 2. The smallest absolute Gasteiger partial charge is 0.172 e. The fourth-order valence-electron chi connectivity index (χ4n) is 16.2. The van der Waals surface area contributed by atoms with Gasteiger partial charge in [-0.2, -0.15) is 0 Å². The molecule has 5 heteroatoms. The molecule has 14 rings (SSSR count). The molecule has 2 aromatic carbocycles. The monoisotopic (exact) mass is 696 g/mol. The quantitative estimate of drug-likeness (QED) is 0.270. The van der Waals surface area contributed by atoms with Crippen molar-refractivity contribution in [1.29, 1.82) is 0 Å². The molecule has 0 spiro atoms. The predicted octanol–water partition coefficient (Wildman–Crippen LogP) is 10.8. The highest BCUT2D eigenvalue weighted by Gasteiger charge is 2.75. The van der Waals surface area contributed by atoms with Gasteiger partial charge in [-0.1, -0.05) is 56.5 Å². The molecule has 6 atom stereocenters. The third kappa shape index (κ3) is 4.39. The van der Waals surface area contributed by atoms with E-state index in [2.05, 4.69) is 78.5 Å². The zero-order chi connectivity index (χ0) is 33.0. The summed E-state index contributed by atoms with van der Waals surface area (Å²) in [6.45, 7) is 7.00. The predicted molar refractivity (Wildman–Crippen MR) is 202 cm³/mol. The molecule has 0 amide bonds. The molecule has 4 heterocycles. The van der Waals surface area contributed by atoms with Crippen molar-refractivity contribution in [3.63, 3.8) is 0 Å². The normalized spacial score (nSPS) is 51.9. The Bertz CT molecular complexity index is 1530. The molecule has 49 heavy (non-hydrogen) atoms. The van der Waals surface area contributed by atoms with Crippen LogP contribution in [-0.4, -0.2) is 39.8 Å². The molecule has 12 aliphatic rings. The molecular weight excluding hydrogens is 638 g/mol. The highest BCUT2D eigenvalue weighted by molar-refractivity contribution is 7.60. The lowest BCUT2D eigenvalue weighted by Crippen LogP contribution is -2.81. The molecule has 8 saturated carbocycles. The minimum atomic E-state index is -0.580. The van der Waals surface area contributed by atoms with Crippen LogP contribution >= 0.6 is 17.2 Å². The topological polar surface area (TPSA) is 27.7 Å². The van der Waals surface area contributed by atoms with Crippen molar-refractivity contribution in [3.05, 3.63) is 59.7 Å². The Balaban J connectivity index is 1.11. The molecular formula is C44H58O3P2. The second-order valence-electron chi connectivity index (χ2n) is 20.0. The van der Waals surface area contributed by atoms with Crippen LogP contribution in [0.15, 0.2) is 48.5 Å². The number of ether oxygens (including phenoxy) is 3. The largest absolute Gasteiger partial charge is 0.345 e. The van der Waals surface area contributed by atoms with Gasteiger partial charge >= 0.3 is 0 Å². The third-order valence-corrected chi connectivity index (χ3v) is 21.4. The Morgan fingerprint density at radius 2 is 1.20 bits per heavy atom. The third-order valence-electron chi connectivity index (χ3n) is 16.7. The highest BCUT2D eigenvalue weighted by atomic mass is 31.1. The van der Waals surface area contributed by atoms with Crippen molar-refractivity contribution < 1.29 is 14.2 Å². The Morgan fingerprint density at radius 3 is 1.69 bits per heavy atom. The summed E-state index contributed by atoms with van der Waals surface area (Å²) in [6.07, 6.45) is 22.2. The standard InChI is InChI=1S/C44H58O3P2/c1-39-24-38-45-40(2,26-41(3,46-38)47-39)44(39,27-48)37-10-9-35(34-7-5-4-6-8-34)17-36(37)25-49(42-18-28-11-29(19-42)13-30(12-28)20-42)43-21-31-14-32(22-43)16-33(15-31)23-43/h4-10,17,28-33,38H,11-16,18-27,48H2,1-3H3. The first-order valence-corrected chi connectivity index (χ1v) is 22.6. The molecule has 4 aliphatic heterocycles. The molecule has 262 valence electrons. The molecule has 4 saturated heterocycles. The lowest BCUT2D eigenvalue weighted by Gasteiger charge is -2.72. The first-order chi connectivity index (χ1) is 23.5. The molecule has 0 aromatic heterocycles. The van der Waals surface area contributed by atoms with Crippen LogP contribution in [0.4, 0.5) is 0 Å². The van der Waals surface area contributed by atoms with Crippen LogP contribution in [0.5, 0.6) is 0 Å². The van der Waals surface area contributed by atoms with Crippen molar-refractivity contribution in [2.24, 2.45) is 35.5 Å². The van der Waals surface area contributed by atoms with Crippen molar-refractivity contribution in [2.75, 3.05) is 6.16 Å². The first-order valence-electron chi connectivity index (χ1n) is 20.3. The fourth-order valence-corrected chi connectivity index (χ4v) is 22.4. The van der Waals surface area contributed by atoms with Crippen LogP contribution in [0, 0.1) is 35.5 Å². The number of hydrogen-bond donors (Lipinski definition) is 0. The number of rotatable bonds is 7. The van der Waals surface area contributed by atoms with Gasteiger partial charge in [-0.3, -0.25) is 0 Å². The van der Waals surface area contributed by atoms with E-state index in [-0.39, 0.29) is 30.8 Å². The van der Waals surface area contributed by atoms with Gasteiger partial charge in [0.2, 0.25) is 0 Å². The van der Waals surface area contributed by atoms with Crippen molar-refractivity contribution in [1.82, 2.24) is 0 Å². The van der Waals surface area contributed by atoms with Crippen LogP contribution in [0.1, 0.15) is 122 Å². The maximum Gasteiger partial charge on any atom is 0.172 e. The summed E-state index contributed by atoms with van der Waals surface area (Å²) in [6, 6.07) is 18.9. The van der Waals surface area contributed by atoms with Gasteiger partial charge in [-0.15, -0.1) is 9.24 Å². The molecule has 0 N–H and O–H groups in total. The van der Waals surface area contributed by atoms with E-state index >= 15 is 0 Å². The van der Waals surface area contributed by atoms with Crippen molar-refractivity contribution >= 4 is 17.2 Å². The lowest BCUT2D eigenvalue weighted by atomic mass is 9.52. The van der Waals surface area contributed by atoms with Gasteiger partial charge < -0.3 is 14.2 Å². The summed E-state index contributed by atoms with van der Waals surface area (Å²) in [5, 5.41) is 1.19. The zero-order valence-corrected chi connectivity index (χ0v) is 32.3. The maximum absolute atomic E-state index is 7.19. The van der Waals surface area contributed by atoms with Crippen LogP contribution in [0.25, 0.3) is 11.1 Å². The van der Waals surface area contributed by atoms with Gasteiger partial charge in [0.05, 0.1) is 16.6 Å². The van der Waals surface area contributed by atoms with Gasteiger partial charge in [0.1, 0.15) is 0 Å². The summed E-state index contributed by atoms with van der Waals surface area (Å²) in [4.78, 5) is 0. The summed E-state index contributed by atoms with van der Waals surface area (Å²) in [5.74, 6) is 5.44. The minimum Gasteiger partial charge on any atom is -0.345 e. The molecule has 2 aromatic rings. The van der Waals surface area contributed by atoms with Crippen molar-refractivity contribution in [3.8, 4) is 11.1 Å². The van der Waals surface area contributed by atoms with E-state index in [1.165, 1.54) is 22.9 Å². The van der Waals surface area contributed by atoms with E-state index < -0.39 is 5.79 Å². The van der Waals surface area contributed by atoms with Crippen LogP contribution < -0.4 is 0 Å². The van der Waals surface area contributed by atoms with Crippen LogP contribution in [0.3, 0.4) is 0 Å². The highest BCUT2D eigenvalue weighted by Crippen LogP contribution is 2.80. The van der Waals surface area contributed by atoms with Gasteiger partial charge in [0.25, 0.3) is 0 Å². The second-order valence-corrected chi connectivity index (χ2v) is 23.4.